The van der Waals surface area contributed by atoms with Crippen LogP contribution >= 0.6 is 0 Å². The number of hydrogen-bond donors (Lipinski definition) is 0. The molecule has 0 amide bonds. The second kappa shape index (κ2) is 12.2. The standard InChI is InChI=1S/C41H39NO2/c1-5-24-43-35-20-17-31-27-34(19-16-32(31)28-35)41(38-13-8-6-11-36(38)37-12-7-9-14-39(37)41)33-18-15-29(2)30(26-33)21-22-40(3,4)44-25-10-23-42/h6-9,11-22,26-28H,5,10,24-25H2,1-4H3/b22-21-. The van der Waals surface area contributed by atoms with E-state index in [4.69, 9.17) is 14.7 Å². The number of nitriles is 1. The number of fused-ring (bicyclic) bond motifs is 4. The molecule has 3 heteroatoms. The minimum Gasteiger partial charge on any atom is -0.494 e. The predicted octanol–water partition coefficient (Wildman–Crippen LogP) is 10.0. The maximum atomic E-state index is 8.95. The molecule has 1 aliphatic rings. The van der Waals surface area contributed by atoms with E-state index in [1.807, 2.05) is 13.8 Å². The SMILES string of the molecule is CCCOc1ccc2cc(C3(c4ccc(C)c(/C=C\C(C)(C)OCCC#N)c4)c4ccccc4-c4ccccc43)ccc2c1. The molecule has 0 heterocycles. The van der Waals surface area contributed by atoms with E-state index < -0.39 is 11.0 Å². The minimum atomic E-state index is -0.492. The van der Waals surface area contributed by atoms with Crippen LogP contribution in [0.3, 0.4) is 0 Å². The highest BCUT2D eigenvalue weighted by atomic mass is 16.5. The minimum absolute atomic E-state index is 0.381. The van der Waals surface area contributed by atoms with Gasteiger partial charge in [-0.1, -0.05) is 97.9 Å². The average Bonchev–Trinajstić information content (AvgIpc) is 3.34. The van der Waals surface area contributed by atoms with Crippen LogP contribution in [0.1, 0.15) is 67.0 Å². The monoisotopic (exact) mass is 577 g/mol. The van der Waals surface area contributed by atoms with Crippen molar-refractivity contribution in [3.63, 3.8) is 0 Å². The zero-order valence-corrected chi connectivity index (χ0v) is 26.1. The fourth-order valence-corrected chi connectivity index (χ4v) is 6.54. The third-order valence-corrected chi connectivity index (χ3v) is 8.73. The second-order valence-corrected chi connectivity index (χ2v) is 12.2. The van der Waals surface area contributed by atoms with Crippen LogP contribution < -0.4 is 4.74 Å². The summed E-state index contributed by atoms with van der Waals surface area (Å²) in [4.78, 5) is 0. The van der Waals surface area contributed by atoms with Gasteiger partial charge >= 0.3 is 0 Å². The number of benzene rings is 5. The molecule has 1 aliphatic carbocycles. The normalized spacial score (nSPS) is 13.5. The lowest BCUT2D eigenvalue weighted by molar-refractivity contribution is 0.0238. The molecule has 5 aromatic carbocycles. The second-order valence-electron chi connectivity index (χ2n) is 12.2. The van der Waals surface area contributed by atoms with E-state index in [-0.39, 0.29) is 0 Å². The van der Waals surface area contributed by atoms with Crippen LogP contribution in [-0.4, -0.2) is 18.8 Å². The largest absolute Gasteiger partial charge is 0.494 e. The first-order valence-corrected chi connectivity index (χ1v) is 15.5. The van der Waals surface area contributed by atoms with Gasteiger partial charge in [0.1, 0.15) is 5.75 Å². The summed E-state index contributed by atoms with van der Waals surface area (Å²) < 4.78 is 11.9. The van der Waals surface area contributed by atoms with E-state index in [0.717, 1.165) is 17.7 Å². The molecular formula is C41H39NO2. The summed E-state index contributed by atoms with van der Waals surface area (Å²) in [6.07, 6.45) is 5.64. The van der Waals surface area contributed by atoms with Crippen LogP contribution in [-0.2, 0) is 10.2 Å². The number of ether oxygens (including phenoxy) is 2. The van der Waals surface area contributed by atoms with Crippen molar-refractivity contribution < 1.29 is 9.47 Å². The van der Waals surface area contributed by atoms with Crippen molar-refractivity contribution in [1.82, 2.24) is 0 Å². The lowest BCUT2D eigenvalue weighted by Gasteiger charge is -2.34. The molecule has 0 fully saturated rings. The molecule has 0 spiro atoms. The van der Waals surface area contributed by atoms with Crippen LogP contribution in [0.4, 0.5) is 0 Å². The molecule has 0 radical (unpaired) electrons. The predicted molar refractivity (Wildman–Crippen MR) is 181 cm³/mol. The van der Waals surface area contributed by atoms with Gasteiger partial charge in [0.2, 0.25) is 0 Å². The molecule has 0 unspecified atom stereocenters. The van der Waals surface area contributed by atoms with Gasteiger partial charge in [0, 0.05) is 0 Å². The Morgan fingerprint density at radius 3 is 2.11 bits per heavy atom. The third kappa shape index (κ3) is 5.32. The molecule has 5 aromatic rings. The van der Waals surface area contributed by atoms with Crippen molar-refractivity contribution in [3.8, 4) is 22.9 Å². The summed E-state index contributed by atoms with van der Waals surface area (Å²) in [6, 6.07) is 40.1. The highest BCUT2D eigenvalue weighted by Gasteiger charge is 2.46. The van der Waals surface area contributed by atoms with Crippen molar-refractivity contribution in [3.05, 3.63) is 143 Å². The van der Waals surface area contributed by atoms with Gasteiger partial charge in [0.25, 0.3) is 0 Å². The lowest BCUT2D eigenvalue weighted by atomic mass is 9.67. The zero-order valence-electron chi connectivity index (χ0n) is 26.1. The van der Waals surface area contributed by atoms with Gasteiger partial charge in [-0.25, -0.2) is 0 Å². The maximum Gasteiger partial charge on any atom is 0.119 e. The topological polar surface area (TPSA) is 42.2 Å². The van der Waals surface area contributed by atoms with E-state index in [1.165, 1.54) is 49.7 Å². The molecule has 3 nitrogen and oxygen atoms in total. The Morgan fingerprint density at radius 1 is 0.773 bits per heavy atom. The van der Waals surface area contributed by atoms with Crippen LogP contribution in [0.2, 0.25) is 0 Å². The number of nitrogens with zero attached hydrogens (tertiary/aromatic N) is 1. The molecule has 0 aromatic heterocycles. The molecular weight excluding hydrogens is 538 g/mol. The highest BCUT2D eigenvalue weighted by molar-refractivity contribution is 5.90. The van der Waals surface area contributed by atoms with Gasteiger partial charge in [-0.05, 0) is 107 Å². The van der Waals surface area contributed by atoms with E-state index in [0.29, 0.717) is 19.6 Å². The van der Waals surface area contributed by atoms with Gasteiger partial charge in [0.15, 0.2) is 0 Å². The summed E-state index contributed by atoms with van der Waals surface area (Å²) in [5.74, 6) is 0.910. The van der Waals surface area contributed by atoms with Gasteiger partial charge in [-0.15, -0.1) is 0 Å². The Morgan fingerprint density at radius 2 is 1.41 bits per heavy atom. The Labute approximate surface area is 261 Å². The van der Waals surface area contributed by atoms with Gasteiger partial charge in [-0.2, -0.15) is 5.26 Å². The molecule has 220 valence electrons. The molecule has 0 bridgehead atoms. The smallest absolute Gasteiger partial charge is 0.119 e. The Bertz CT molecular complexity index is 1850. The summed E-state index contributed by atoms with van der Waals surface area (Å²) in [5.41, 5.74) is 8.98. The maximum absolute atomic E-state index is 8.95. The summed E-state index contributed by atoms with van der Waals surface area (Å²) in [7, 11) is 0. The number of rotatable bonds is 10. The summed E-state index contributed by atoms with van der Waals surface area (Å²) in [6.45, 7) is 9.50. The van der Waals surface area contributed by atoms with Crippen LogP contribution in [0.5, 0.6) is 5.75 Å². The van der Waals surface area contributed by atoms with Gasteiger partial charge in [-0.3, -0.25) is 0 Å². The van der Waals surface area contributed by atoms with Gasteiger partial charge < -0.3 is 9.47 Å². The first-order valence-electron chi connectivity index (χ1n) is 15.5. The van der Waals surface area contributed by atoms with Crippen molar-refractivity contribution in [2.75, 3.05) is 13.2 Å². The third-order valence-electron chi connectivity index (χ3n) is 8.73. The quantitative estimate of drug-likeness (QED) is 0.152. The van der Waals surface area contributed by atoms with Crippen molar-refractivity contribution in [2.24, 2.45) is 0 Å². The average molecular weight is 578 g/mol. The fraction of sp³-hybridized carbons (Fsp3) is 0.244. The van der Waals surface area contributed by atoms with E-state index in [9.17, 15) is 0 Å². The van der Waals surface area contributed by atoms with E-state index in [2.05, 4.69) is 135 Å². The summed E-state index contributed by atoms with van der Waals surface area (Å²) in [5, 5.41) is 11.3. The lowest BCUT2D eigenvalue weighted by Crippen LogP contribution is -2.28. The first-order chi connectivity index (χ1) is 21.4. The molecule has 0 aliphatic heterocycles. The first kappa shape index (κ1) is 29.4. The Kier molecular flexibility index (Phi) is 8.13. The Balaban J connectivity index is 1.55. The fourth-order valence-electron chi connectivity index (χ4n) is 6.54. The highest BCUT2D eigenvalue weighted by Crippen LogP contribution is 2.56. The van der Waals surface area contributed by atoms with Crippen LogP contribution in [0.25, 0.3) is 28.0 Å². The molecule has 0 N–H and O–H groups in total. The number of hydrogen-bond acceptors (Lipinski definition) is 3. The van der Waals surface area contributed by atoms with Crippen molar-refractivity contribution in [2.45, 2.75) is 51.6 Å². The Hall–Kier alpha value is -4.65. The summed E-state index contributed by atoms with van der Waals surface area (Å²) >= 11 is 0. The van der Waals surface area contributed by atoms with Gasteiger partial charge in [0.05, 0.1) is 36.7 Å². The van der Waals surface area contributed by atoms with E-state index in [1.54, 1.807) is 0 Å². The van der Waals surface area contributed by atoms with Crippen LogP contribution in [0.15, 0.2) is 109 Å². The van der Waals surface area contributed by atoms with Crippen molar-refractivity contribution in [1.29, 1.82) is 5.26 Å². The van der Waals surface area contributed by atoms with Crippen LogP contribution in [0, 0.1) is 18.3 Å². The molecule has 0 saturated heterocycles. The number of aryl methyl sites for hydroxylation is 1. The molecule has 6 rings (SSSR count). The zero-order chi connectivity index (χ0) is 30.7. The van der Waals surface area contributed by atoms with Crippen molar-refractivity contribution >= 4 is 16.8 Å². The van der Waals surface area contributed by atoms with E-state index >= 15 is 0 Å². The molecule has 44 heavy (non-hydrogen) atoms. The molecule has 0 saturated carbocycles. The molecule has 0 atom stereocenters.